The van der Waals surface area contributed by atoms with E-state index in [-0.39, 0.29) is 12.9 Å². The average molecular weight is 306 g/mol. The fraction of sp³-hybridized carbons (Fsp3) is 0.333. The SMILES string of the molecule is COCOc1ccc(-c2cc(CC(C)OC(N)=O)on2)cc1. The molecular formula is C15H18N2O5. The van der Waals surface area contributed by atoms with Gasteiger partial charge in [-0.25, -0.2) is 4.79 Å². The molecule has 0 aliphatic rings. The molecule has 0 fully saturated rings. The Morgan fingerprint density at radius 2 is 2.09 bits per heavy atom. The highest BCUT2D eigenvalue weighted by Gasteiger charge is 2.12. The number of ether oxygens (including phenoxy) is 3. The lowest BCUT2D eigenvalue weighted by Crippen LogP contribution is -2.21. The molecule has 1 atom stereocenters. The number of carbonyl (C=O) groups excluding carboxylic acids is 1. The van der Waals surface area contributed by atoms with E-state index in [0.29, 0.717) is 23.6 Å². The number of nitrogens with zero attached hydrogens (tertiary/aromatic N) is 1. The van der Waals surface area contributed by atoms with Gasteiger partial charge in [-0.1, -0.05) is 5.16 Å². The molecule has 0 saturated heterocycles. The van der Waals surface area contributed by atoms with E-state index in [1.54, 1.807) is 20.1 Å². The molecule has 0 aliphatic heterocycles. The molecule has 0 aliphatic carbocycles. The standard InChI is InChI=1S/C15H18N2O5/c1-10(21-15(16)18)7-13-8-14(17-22-13)11-3-5-12(6-4-11)20-9-19-2/h3-6,8,10H,7,9H2,1-2H3,(H2,16,18). The van der Waals surface area contributed by atoms with Crippen molar-refractivity contribution in [2.45, 2.75) is 19.4 Å². The number of rotatable bonds is 7. The number of hydrogen-bond donors (Lipinski definition) is 1. The molecule has 0 radical (unpaired) electrons. The summed E-state index contributed by atoms with van der Waals surface area (Å²) in [6, 6.07) is 9.18. The number of nitrogens with two attached hydrogens (primary N) is 1. The summed E-state index contributed by atoms with van der Waals surface area (Å²) in [4.78, 5) is 10.7. The molecule has 0 saturated carbocycles. The molecule has 1 aromatic heterocycles. The molecule has 22 heavy (non-hydrogen) atoms. The van der Waals surface area contributed by atoms with Crippen molar-refractivity contribution in [3.63, 3.8) is 0 Å². The summed E-state index contributed by atoms with van der Waals surface area (Å²) in [7, 11) is 1.56. The van der Waals surface area contributed by atoms with Gasteiger partial charge in [-0.05, 0) is 31.2 Å². The van der Waals surface area contributed by atoms with Crippen molar-refractivity contribution in [3.8, 4) is 17.0 Å². The normalized spacial score (nSPS) is 11.9. The van der Waals surface area contributed by atoms with Crippen LogP contribution in [-0.2, 0) is 15.9 Å². The Bertz CT molecular complexity index is 609. The number of benzene rings is 1. The summed E-state index contributed by atoms with van der Waals surface area (Å²) in [5.41, 5.74) is 6.55. The molecule has 1 amide bonds. The van der Waals surface area contributed by atoms with E-state index in [1.165, 1.54) is 0 Å². The second kappa shape index (κ2) is 7.46. The van der Waals surface area contributed by atoms with Crippen molar-refractivity contribution in [1.29, 1.82) is 0 Å². The molecule has 0 bridgehead atoms. The van der Waals surface area contributed by atoms with Crippen LogP contribution < -0.4 is 10.5 Å². The topological polar surface area (TPSA) is 96.8 Å². The van der Waals surface area contributed by atoms with Crippen LogP contribution in [0.5, 0.6) is 5.75 Å². The minimum atomic E-state index is -0.807. The van der Waals surface area contributed by atoms with Crippen LogP contribution in [0, 0.1) is 0 Å². The number of amides is 1. The third kappa shape index (κ3) is 4.49. The third-order valence-corrected chi connectivity index (χ3v) is 2.86. The van der Waals surface area contributed by atoms with Gasteiger partial charge in [0.2, 0.25) is 0 Å². The molecule has 2 N–H and O–H groups in total. The lowest BCUT2D eigenvalue weighted by atomic mass is 10.1. The van der Waals surface area contributed by atoms with Crippen LogP contribution >= 0.6 is 0 Å². The van der Waals surface area contributed by atoms with E-state index in [4.69, 9.17) is 24.5 Å². The third-order valence-electron chi connectivity index (χ3n) is 2.86. The Labute approximate surface area is 127 Å². The van der Waals surface area contributed by atoms with Crippen LogP contribution in [0.3, 0.4) is 0 Å². The Hall–Kier alpha value is -2.54. The second-order valence-corrected chi connectivity index (χ2v) is 4.71. The highest BCUT2D eigenvalue weighted by Crippen LogP contribution is 2.23. The molecule has 7 heteroatoms. The van der Waals surface area contributed by atoms with Crippen molar-refractivity contribution < 1.29 is 23.5 Å². The summed E-state index contributed by atoms with van der Waals surface area (Å²) in [5, 5.41) is 4.00. The minimum Gasteiger partial charge on any atom is -0.468 e. The lowest BCUT2D eigenvalue weighted by molar-refractivity contribution is 0.0511. The maximum atomic E-state index is 10.7. The minimum absolute atomic E-state index is 0.200. The van der Waals surface area contributed by atoms with Crippen LogP contribution in [0.25, 0.3) is 11.3 Å². The molecule has 2 aromatic rings. The van der Waals surface area contributed by atoms with E-state index in [0.717, 1.165) is 5.56 Å². The zero-order valence-corrected chi connectivity index (χ0v) is 12.4. The fourth-order valence-corrected chi connectivity index (χ4v) is 1.92. The van der Waals surface area contributed by atoms with E-state index >= 15 is 0 Å². The van der Waals surface area contributed by atoms with Gasteiger partial charge in [0, 0.05) is 25.2 Å². The lowest BCUT2D eigenvalue weighted by Gasteiger charge is -2.07. The van der Waals surface area contributed by atoms with Crippen LogP contribution in [-0.4, -0.2) is 31.3 Å². The zero-order valence-electron chi connectivity index (χ0n) is 12.4. The highest BCUT2D eigenvalue weighted by atomic mass is 16.7. The maximum Gasteiger partial charge on any atom is 0.404 e. The summed E-state index contributed by atoms with van der Waals surface area (Å²) in [5.74, 6) is 1.32. The van der Waals surface area contributed by atoms with Crippen LogP contribution in [0.1, 0.15) is 12.7 Å². The molecule has 2 rings (SSSR count). The van der Waals surface area contributed by atoms with Crippen LogP contribution in [0.15, 0.2) is 34.9 Å². The second-order valence-electron chi connectivity index (χ2n) is 4.71. The van der Waals surface area contributed by atoms with Gasteiger partial charge in [0.1, 0.15) is 23.3 Å². The Morgan fingerprint density at radius 1 is 1.36 bits per heavy atom. The summed E-state index contributed by atoms with van der Waals surface area (Å²) in [6.45, 7) is 1.93. The van der Waals surface area contributed by atoms with Gasteiger partial charge in [0.15, 0.2) is 6.79 Å². The molecule has 7 nitrogen and oxygen atoms in total. The van der Waals surface area contributed by atoms with Crippen molar-refractivity contribution in [2.75, 3.05) is 13.9 Å². The highest BCUT2D eigenvalue weighted by molar-refractivity contribution is 5.64. The van der Waals surface area contributed by atoms with Gasteiger partial charge < -0.3 is 24.5 Å². The number of hydrogen-bond acceptors (Lipinski definition) is 6. The number of aromatic nitrogens is 1. The molecule has 1 heterocycles. The van der Waals surface area contributed by atoms with Crippen molar-refractivity contribution in [3.05, 3.63) is 36.1 Å². The molecule has 118 valence electrons. The first-order valence-corrected chi connectivity index (χ1v) is 6.72. The Kier molecular flexibility index (Phi) is 5.37. The predicted octanol–water partition coefficient (Wildman–Crippen LogP) is 2.35. The first-order chi connectivity index (χ1) is 10.6. The monoisotopic (exact) mass is 306 g/mol. The largest absolute Gasteiger partial charge is 0.468 e. The first kappa shape index (κ1) is 15.8. The maximum absolute atomic E-state index is 10.7. The number of primary amides is 1. The van der Waals surface area contributed by atoms with Crippen LogP contribution in [0.4, 0.5) is 4.79 Å². The molecule has 0 spiro atoms. The zero-order chi connectivity index (χ0) is 15.9. The van der Waals surface area contributed by atoms with Crippen molar-refractivity contribution in [1.82, 2.24) is 5.16 Å². The van der Waals surface area contributed by atoms with Crippen molar-refractivity contribution in [2.24, 2.45) is 5.73 Å². The van der Waals surface area contributed by atoms with Gasteiger partial charge in [-0.3, -0.25) is 0 Å². The fourth-order valence-electron chi connectivity index (χ4n) is 1.92. The van der Waals surface area contributed by atoms with E-state index in [2.05, 4.69) is 5.16 Å². The molecular weight excluding hydrogens is 288 g/mol. The van der Waals surface area contributed by atoms with Gasteiger partial charge in [0.05, 0.1) is 0 Å². The molecule has 1 aromatic carbocycles. The van der Waals surface area contributed by atoms with Crippen molar-refractivity contribution >= 4 is 6.09 Å². The number of carbonyl (C=O) groups is 1. The average Bonchev–Trinajstić information content (AvgIpc) is 2.93. The summed E-state index contributed by atoms with van der Waals surface area (Å²) in [6.07, 6.45) is -0.771. The van der Waals surface area contributed by atoms with Gasteiger partial charge >= 0.3 is 6.09 Å². The van der Waals surface area contributed by atoms with Gasteiger partial charge in [-0.2, -0.15) is 0 Å². The summed E-state index contributed by atoms with van der Waals surface area (Å²) < 4.78 is 20.2. The first-order valence-electron chi connectivity index (χ1n) is 6.72. The number of methoxy groups -OCH3 is 1. The molecule has 1 unspecified atom stereocenters. The van der Waals surface area contributed by atoms with E-state index in [1.807, 2.05) is 24.3 Å². The quantitative estimate of drug-likeness (QED) is 0.789. The summed E-state index contributed by atoms with van der Waals surface area (Å²) >= 11 is 0. The van der Waals surface area contributed by atoms with E-state index < -0.39 is 6.09 Å². The van der Waals surface area contributed by atoms with Crippen LogP contribution in [0.2, 0.25) is 0 Å². The van der Waals surface area contributed by atoms with Gasteiger partial charge in [-0.15, -0.1) is 0 Å². The Balaban J connectivity index is 2.00. The Morgan fingerprint density at radius 3 is 2.73 bits per heavy atom. The smallest absolute Gasteiger partial charge is 0.404 e. The van der Waals surface area contributed by atoms with E-state index in [9.17, 15) is 4.79 Å². The van der Waals surface area contributed by atoms with Gasteiger partial charge in [0.25, 0.3) is 0 Å². The predicted molar refractivity (Wildman–Crippen MR) is 78.3 cm³/mol.